The molecule has 0 heterocycles. The van der Waals surface area contributed by atoms with Gasteiger partial charge in [0.15, 0.2) is 0 Å². The number of aliphatic hydroxyl groups is 1. The van der Waals surface area contributed by atoms with Crippen molar-refractivity contribution in [2.24, 2.45) is 0 Å². The summed E-state index contributed by atoms with van der Waals surface area (Å²) in [7, 11) is 0. The van der Waals surface area contributed by atoms with E-state index in [1.54, 1.807) is 23.1 Å². The molecule has 19 heavy (non-hydrogen) atoms. The average molecular weight is 304 g/mol. The molecule has 1 amide bonds. The minimum atomic E-state index is -0.163. The Morgan fingerprint density at radius 1 is 1.32 bits per heavy atom. The van der Waals surface area contributed by atoms with Gasteiger partial charge in [-0.05, 0) is 31.0 Å². The normalized spacial score (nSPS) is 10.8. The van der Waals surface area contributed by atoms with E-state index in [4.69, 9.17) is 28.3 Å². The molecule has 0 aliphatic rings. The summed E-state index contributed by atoms with van der Waals surface area (Å²) >= 11 is 11.9. The molecule has 5 heteroatoms. The Kier molecular flexibility index (Phi) is 6.63. The van der Waals surface area contributed by atoms with Gasteiger partial charge in [-0.2, -0.15) is 0 Å². The Labute approximate surface area is 124 Å². The van der Waals surface area contributed by atoms with Gasteiger partial charge in [0.1, 0.15) is 0 Å². The highest BCUT2D eigenvalue weighted by Crippen LogP contribution is 2.23. The Morgan fingerprint density at radius 3 is 2.42 bits per heavy atom. The van der Waals surface area contributed by atoms with Gasteiger partial charge in [-0.1, -0.05) is 37.0 Å². The van der Waals surface area contributed by atoms with Gasteiger partial charge in [0.05, 0.1) is 17.2 Å². The lowest BCUT2D eigenvalue weighted by Gasteiger charge is -2.30. The minimum absolute atomic E-state index is 0.0621. The molecular weight excluding hydrogens is 285 g/mol. The summed E-state index contributed by atoms with van der Waals surface area (Å²) in [6, 6.07) is 4.93. The summed E-state index contributed by atoms with van der Waals surface area (Å²) in [4.78, 5) is 14.2. The van der Waals surface area contributed by atoms with Crippen molar-refractivity contribution in [2.45, 2.75) is 32.7 Å². The number of carbonyl (C=O) groups is 1. The summed E-state index contributed by atoms with van der Waals surface area (Å²) < 4.78 is 0. The summed E-state index contributed by atoms with van der Waals surface area (Å²) in [6.45, 7) is 4.29. The molecule has 0 spiro atoms. The van der Waals surface area contributed by atoms with Crippen LogP contribution in [0.5, 0.6) is 0 Å². The summed E-state index contributed by atoms with van der Waals surface area (Å²) in [5.41, 5.74) is 0.423. The van der Waals surface area contributed by atoms with E-state index in [9.17, 15) is 4.79 Å². The molecule has 1 aromatic carbocycles. The molecule has 0 saturated carbocycles. The van der Waals surface area contributed by atoms with Crippen LogP contribution in [0.3, 0.4) is 0 Å². The van der Waals surface area contributed by atoms with Gasteiger partial charge in [-0.3, -0.25) is 4.79 Å². The van der Waals surface area contributed by atoms with Gasteiger partial charge in [0.25, 0.3) is 5.91 Å². The van der Waals surface area contributed by atoms with Crippen LogP contribution in [0.2, 0.25) is 10.0 Å². The van der Waals surface area contributed by atoms with E-state index in [0.29, 0.717) is 22.2 Å². The van der Waals surface area contributed by atoms with Crippen molar-refractivity contribution in [3.63, 3.8) is 0 Å². The number of halogens is 2. The SMILES string of the molecule is CCC(CC)N(CCO)C(=O)c1ccc(Cl)cc1Cl. The quantitative estimate of drug-likeness (QED) is 0.872. The first-order chi connectivity index (χ1) is 9.04. The largest absolute Gasteiger partial charge is 0.395 e. The zero-order valence-corrected chi connectivity index (χ0v) is 12.7. The second kappa shape index (κ2) is 7.73. The number of nitrogens with zero attached hydrogens (tertiary/aromatic N) is 1. The Bertz CT molecular complexity index is 433. The van der Waals surface area contributed by atoms with Crippen LogP contribution in [0, 0.1) is 0 Å². The molecule has 3 nitrogen and oxygen atoms in total. The first-order valence-electron chi connectivity index (χ1n) is 6.42. The van der Waals surface area contributed by atoms with E-state index < -0.39 is 0 Å². The van der Waals surface area contributed by atoms with Crippen molar-refractivity contribution in [2.75, 3.05) is 13.2 Å². The molecule has 1 rings (SSSR count). The minimum Gasteiger partial charge on any atom is -0.395 e. The Balaban J connectivity index is 3.04. The van der Waals surface area contributed by atoms with E-state index in [1.807, 2.05) is 13.8 Å². The van der Waals surface area contributed by atoms with Gasteiger partial charge in [0.2, 0.25) is 0 Å². The highest BCUT2D eigenvalue weighted by atomic mass is 35.5. The van der Waals surface area contributed by atoms with Crippen molar-refractivity contribution in [3.05, 3.63) is 33.8 Å². The number of hydrogen-bond donors (Lipinski definition) is 1. The van der Waals surface area contributed by atoms with Crippen LogP contribution >= 0.6 is 23.2 Å². The fraction of sp³-hybridized carbons (Fsp3) is 0.500. The number of benzene rings is 1. The molecule has 0 unspecified atom stereocenters. The lowest BCUT2D eigenvalue weighted by Crippen LogP contribution is -2.41. The number of aliphatic hydroxyl groups excluding tert-OH is 1. The van der Waals surface area contributed by atoms with Gasteiger partial charge < -0.3 is 10.0 Å². The fourth-order valence-corrected chi connectivity index (χ4v) is 2.59. The zero-order chi connectivity index (χ0) is 14.4. The average Bonchev–Trinajstić information content (AvgIpc) is 2.38. The van der Waals surface area contributed by atoms with Crippen molar-refractivity contribution in [1.82, 2.24) is 4.90 Å². The third-order valence-electron chi connectivity index (χ3n) is 3.15. The smallest absolute Gasteiger partial charge is 0.255 e. The lowest BCUT2D eigenvalue weighted by atomic mass is 10.1. The predicted octanol–water partition coefficient (Wildman–Crippen LogP) is 3.62. The number of amides is 1. The van der Waals surface area contributed by atoms with E-state index >= 15 is 0 Å². The Hall–Kier alpha value is -0.770. The summed E-state index contributed by atoms with van der Waals surface area (Å²) in [5.74, 6) is -0.163. The molecule has 0 saturated heterocycles. The molecule has 1 aromatic rings. The fourth-order valence-electron chi connectivity index (χ4n) is 2.10. The van der Waals surface area contributed by atoms with E-state index in [0.717, 1.165) is 12.8 Å². The molecule has 0 atom stereocenters. The molecule has 0 bridgehead atoms. The van der Waals surface area contributed by atoms with Crippen molar-refractivity contribution < 1.29 is 9.90 Å². The van der Waals surface area contributed by atoms with Gasteiger partial charge >= 0.3 is 0 Å². The van der Waals surface area contributed by atoms with Gasteiger partial charge in [-0.25, -0.2) is 0 Å². The van der Waals surface area contributed by atoms with E-state index in [2.05, 4.69) is 0 Å². The summed E-state index contributed by atoms with van der Waals surface area (Å²) in [6.07, 6.45) is 1.68. The molecule has 0 aromatic heterocycles. The predicted molar refractivity (Wildman–Crippen MR) is 79.0 cm³/mol. The topological polar surface area (TPSA) is 40.5 Å². The second-order valence-corrected chi connectivity index (χ2v) is 5.16. The van der Waals surface area contributed by atoms with Gasteiger partial charge in [-0.15, -0.1) is 0 Å². The zero-order valence-electron chi connectivity index (χ0n) is 11.2. The van der Waals surface area contributed by atoms with Crippen molar-refractivity contribution in [1.29, 1.82) is 0 Å². The molecule has 0 fully saturated rings. The van der Waals surface area contributed by atoms with Crippen molar-refractivity contribution >= 4 is 29.1 Å². The standard InChI is InChI=1S/C14H19Cl2NO2/c1-3-11(4-2)17(7-8-18)14(19)12-6-5-10(15)9-13(12)16/h5-6,9,11,18H,3-4,7-8H2,1-2H3. The van der Waals surface area contributed by atoms with Gasteiger partial charge in [0, 0.05) is 17.6 Å². The maximum atomic E-state index is 12.5. The van der Waals surface area contributed by atoms with Crippen LogP contribution < -0.4 is 0 Å². The molecular formula is C14H19Cl2NO2. The van der Waals surface area contributed by atoms with E-state index in [1.165, 1.54) is 0 Å². The van der Waals surface area contributed by atoms with Crippen LogP contribution in [0.25, 0.3) is 0 Å². The maximum absolute atomic E-state index is 12.5. The summed E-state index contributed by atoms with van der Waals surface area (Å²) in [5, 5.41) is 9.98. The van der Waals surface area contributed by atoms with Crippen LogP contribution in [0.1, 0.15) is 37.0 Å². The highest BCUT2D eigenvalue weighted by Gasteiger charge is 2.23. The molecule has 0 radical (unpaired) electrons. The van der Waals surface area contributed by atoms with E-state index in [-0.39, 0.29) is 18.6 Å². The number of carbonyl (C=O) groups excluding carboxylic acids is 1. The van der Waals surface area contributed by atoms with Crippen molar-refractivity contribution in [3.8, 4) is 0 Å². The molecule has 0 aliphatic heterocycles. The third kappa shape index (κ3) is 4.10. The molecule has 106 valence electrons. The second-order valence-electron chi connectivity index (χ2n) is 4.32. The first kappa shape index (κ1) is 16.3. The Morgan fingerprint density at radius 2 is 1.95 bits per heavy atom. The van der Waals surface area contributed by atoms with Crippen LogP contribution in [0.15, 0.2) is 18.2 Å². The van der Waals surface area contributed by atoms with Crippen LogP contribution in [0.4, 0.5) is 0 Å². The third-order valence-corrected chi connectivity index (χ3v) is 3.69. The highest BCUT2D eigenvalue weighted by molar-refractivity contribution is 6.36. The monoisotopic (exact) mass is 303 g/mol. The molecule has 1 N–H and O–H groups in total. The number of rotatable bonds is 6. The molecule has 0 aliphatic carbocycles. The first-order valence-corrected chi connectivity index (χ1v) is 7.17. The lowest BCUT2D eigenvalue weighted by molar-refractivity contribution is 0.0622. The van der Waals surface area contributed by atoms with Crippen LogP contribution in [-0.4, -0.2) is 35.1 Å². The maximum Gasteiger partial charge on any atom is 0.255 e. The van der Waals surface area contributed by atoms with Crippen LogP contribution in [-0.2, 0) is 0 Å². The number of hydrogen-bond acceptors (Lipinski definition) is 2.